The second-order valence-electron chi connectivity index (χ2n) is 6.06. The molecule has 102 valence electrons. The molecule has 2 atom stereocenters. The number of rotatable bonds is 3. The average Bonchev–Trinajstić information content (AvgIpc) is 2.93. The Bertz CT molecular complexity index is 460. The van der Waals surface area contributed by atoms with Gasteiger partial charge in [-0.25, -0.2) is 0 Å². The molecule has 0 N–H and O–H groups in total. The number of amides is 1. The molecule has 2 aliphatic heterocycles. The lowest BCUT2D eigenvalue weighted by Gasteiger charge is -2.21. The normalized spacial score (nSPS) is 26.3. The van der Waals surface area contributed by atoms with Gasteiger partial charge in [0.2, 0.25) is 5.91 Å². The Labute approximate surface area is 119 Å². The van der Waals surface area contributed by atoms with E-state index in [0.29, 0.717) is 23.0 Å². The lowest BCUT2D eigenvalue weighted by Crippen LogP contribution is -2.32. The van der Waals surface area contributed by atoms with Crippen LogP contribution in [0.2, 0.25) is 0 Å². The molecule has 2 heterocycles. The van der Waals surface area contributed by atoms with Crippen molar-refractivity contribution >= 4 is 17.7 Å². The van der Waals surface area contributed by atoms with Crippen LogP contribution in [0.5, 0.6) is 0 Å². The van der Waals surface area contributed by atoms with Crippen molar-refractivity contribution in [3.05, 3.63) is 29.8 Å². The Morgan fingerprint density at radius 1 is 1.32 bits per heavy atom. The highest BCUT2D eigenvalue weighted by Crippen LogP contribution is 2.38. The van der Waals surface area contributed by atoms with Crippen LogP contribution in [0.4, 0.5) is 0 Å². The number of hydrogen-bond acceptors (Lipinski definition) is 2. The Balaban J connectivity index is 1.61. The molecule has 3 heteroatoms. The van der Waals surface area contributed by atoms with Gasteiger partial charge in [-0.1, -0.05) is 32.0 Å². The first-order valence-corrected chi connectivity index (χ1v) is 8.04. The lowest BCUT2D eigenvalue weighted by molar-refractivity contribution is -0.127. The molecule has 0 spiro atoms. The van der Waals surface area contributed by atoms with E-state index in [1.807, 2.05) is 11.8 Å². The van der Waals surface area contributed by atoms with Crippen LogP contribution in [0.3, 0.4) is 0 Å². The fourth-order valence-corrected chi connectivity index (χ4v) is 4.36. The maximum atomic E-state index is 12.1. The molecule has 1 saturated heterocycles. The highest BCUT2D eigenvalue weighted by Gasteiger charge is 2.34. The lowest BCUT2D eigenvalue weighted by atomic mass is 9.95. The molecular formula is C16H21NOS. The summed E-state index contributed by atoms with van der Waals surface area (Å²) in [4.78, 5) is 15.6. The molecule has 2 nitrogen and oxygen atoms in total. The van der Waals surface area contributed by atoms with Gasteiger partial charge < -0.3 is 4.90 Å². The van der Waals surface area contributed by atoms with Gasteiger partial charge in [0.25, 0.3) is 0 Å². The minimum atomic E-state index is 0.357. The summed E-state index contributed by atoms with van der Waals surface area (Å²) in [5, 5.41) is 0.548. The molecule has 3 rings (SSSR count). The highest BCUT2D eigenvalue weighted by atomic mass is 32.2. The summed E-state index contributed by atoms with van der Waals surface area (Å²) in [5.41, 5.74) is 1.45. The third-order valence-electron chi connectivity index (χ3n) is 4.33. The van der Waals surface area contributed by atoms with Crippen LogP contribution >= 0.6 is 11.8 Å². The van der Waals surface area contributed by atoms with Crippen LogP contribution in [0, 0.1) is 11.8 Å². The second-order valence-corrected chi connectivity index (χ2v) is 7.40. The third kappa shape index (κ3) is 2.66. The zero-order valence-corrected chi connectivity index (χ0v) is 12.5. The van der Waals surface area contributed by atoms with E-state index in [1.165, 1.54) is 10.5 Å². The standard InChI is InChI=1S/C16H21NOS/c1-11(2)13-8-16(18)17(9-13)10-14-7-12-5-3-4-6-15(12)19-14/h3-6,11,13-14H,7-10H2,1-2H3. The first kappa shape index (κ1) is 13.0. The first-order valence-electron chi connectivity index (χ1n) is 7.16. The minimum Gasteiger partial charge on any atom is -0.341 e. The zero-order chi connectivity index (χ0) is 13.4. The molecule has 2 aliphatic rings. The van der Waals surface area contributed by atoms with E-state index in [1.54, 1.807) is 0 Å². The van der Waals surface area contributed by atoms with E-state index in [2.05, 4.69) is 43.0 Å². The molecule has 0 aromatic heterocycles. The predicted octanol–water partition coefficient (Wildman–Crippen LogP) is 3.21. The van der Waals surface area contributed by atoms with E-state index in [-0.39, 0.29) is 0 Å². The van der Waals surface area contributed by atoms with Gasteiger partial charge in [-0.05, 0) is 29.9 Å². The van der Waals surface area contributed by atoms with Crippen LogP contribution in [-0.2, 0) is 11.2 Å². The van der Waals surface area contributed by atoms with Crippen molar-refractivity contribution in [2.45, 2.75) is 36.8 Å². The Kier molecular flexibility index (Phi) is 3.57. The second kappa shape index (κ2) is 5.20. The molecule has 1 aromatic carbocycles. The number of hydrogen-bond donors (Lipinski definition) is 0. The Morgan fingerprint density at radius 2 is 2.11 bits per heavy atom. The van der Waals surface area contributed by atoms with Gasteiger partial charge in [0.05, 0.1) is 0 Å². The SMILES string of the molecule is CC(C)C1CC(=O)N(CC2Cc3ccccc3S2)C1. The fourth-order valence-electron chi connectivity index (χ4n) is 3.03. The smallest absolute Gasteiger partial charge is 0.222 e. The summed E-state index contributed by atoms with van der Waals surface area (Å²) in [6.45, 7) is 6.33. The van der Waals surface area contributed by atoms with Crippen LogP contribution in [-0.4, -0.2) is 29.1 Å². The number of carbonyl (C=O) groups is 1. The van der Waals surface area contributed by atoms with Crippen molar-refractivity contribution in [1.29, 1.82) is 0 Å². The van der Waals surface area contributed by atoms with Crippen LogP contribution in [0.25, 0.3) is 0 Å². The molecule has 0 radical (unpaired) electrons. The van der Waals surface area contributed by atoms with Crippen molar-refractivity contribution < 1.29 is 4.79 Å². The summed E-state index contributed by atoms with van der Waals surface area (Å²) in [6, 6.07) is 8.62. The van der Waals surface area contributed by atoms with Crippen LogP contribution in [0.15, 0.2) is 29.2 Å². The van der Waals surface area contributed by atoms with Gasteiger partial charge in [-0.15, -0.1) is 11.8 Å². The quantitative estimate of drug-likeness (QED) is 0.844. The number of benzene rings is 1. The molecule has 1 aromatic rings. The number of nitrogens with zero attached hydrogens (tertiary/aromatic N) is 1. The van der Waals surface area contributed by atoms with Gasteiger partial charge in [-0.2, -0.15) is 0 Å². The largest absolute Gasteiger partial charge is 0.341 e. The van der Waals surface area contributed by atoms with Gasteiger partial charge in [0.1, 0.15) is 0 Å². The molecule has 19 heavy (non-hydrogen) atoms. The third-order valence-corrected chi connectivity index (χ3v) is 5.63. The molecule has 1 amide bonds. The van der Waals surface area contributed by atoms with E-state index in [9.17, 15) is 4.79 Å². The molecule has 0 aliphatic carbocycles. The van der Waals surface area contributed by atoms with Crippen molar-refractivity contribution in [2.75, 3.05) is 13.1 Å². The maximum Gasteiger partial charge on any atom is 0.222 e. The fraction of sp³-hybridized carbons (Fsp3) is 0.562. The number of carbonyl (C=O) groups excluding carboxylic acids is 1. The molecule has 0 saturated carbocycles. The summed E-state index contributed by atoms with van der Waals surface area (Å²) in [7, 11) is 0. The first-order chi connectivity index (χ1) is 9.13. The monoisotopic (exact) mass is 275 g/mol. The van der Waals surface area contributed by atoms with Gasteiger partial charge in [-0.3, -0.25) is 4.79 Å². The van der Waals surface area contributed by atoms with E-state index >= 15 is 0 Å². The molecule has 1 fully saturated rings. The minimum absolute atomic E-state index is 0.357. The Morgan fingerprint density at radius 3 is 2.79 bits per heavy atom. The zero-order valence-electron chi connectivity index (χ0n) is 11.6. The number of thioether (sulfide) groups is 1. The van der Waals surface area contributed by atoms with Gasteiger partial charge in [0.15, 0.2) is 0 Å². The molecule has 2 unspecified atom stereocenters. The van der Waals surface area contributed by atoms with E-state index in [4.69, 9.17) is 0 Å². The Hall–Kier alpha value is -0.960. The van der Waals surface area contributed by atoms with Gasteiger partial charge in [0, 0.05) is 29.7 Å². The average molecular weight is 275 g/mol. The predicted molar refractivity (Wildman–Crippen MR) is 79.3 cm³/mol. The number of likely N-dealkylation sites (tertiary alicyclic amines) is 1. The molecular weight excluding hydrogens is 254 g/mol. The van der Waals surface area contributed by atoms with Crippen molar-refractivity contribution in [3.63, 3.8) is 0 Å². The van der Waals surface area contributed by atoms with Crippen molar-refractivity contribution in [2.24, 2.45) is 11.8 Å². The van der Waals surface area contributed by atoms with Crippen molar-refractivity contribution in [3.8, 4) is 0 Å². The summed E-state index contributed by atoms with van der Waals surface area (Å²) in [6.07, 6.45) is 1.86. The van der Waals surface area contributed by atoms with Gasteiger partial charge >= 0.3 is 0 Å². The molecule has 0 bridgehead atoms. The summed E-state index contributed by atoms with van der Waals surface area (Å²) < 4.78 is 0. The number of fused-ring (bicyclic) bond motifs is 1. The summed E-state index contributed by atoms with van der Waals surface area (Å²) in [5.74, 6) is 1.53. The highest BCUT2D eigenvalue weighted by molar-refractivity contribution is 8.00. The maximum absolute atomic E-state index is 12.1. The van der Waals surface area contributed by atoms with Crippen LogP contribution in [0.1, 0.15) is 25.8 Å². The van der Waals surface area contributed by atoms with Crippen molar-refractivity contribution in [1.82, 2.24) is 4.90 Å². The van der Waals surface area contributed by atoms with E-state index in [0.717, 1.165) is 25.9 Å². The van der Waals surface area contributed by atoms with Crippen LogP contribution < -0.4 is 0 Å². The van der Waals surface area contributed by atoms with E-state index < -0.39 is 0 Å². The summed E-state index contributed by atoms with van der Waals surface area (Å²) >= 11 is 1.94. The topological polar surface area (TPSA) is 20.3 Å².